The Balaban J connectivity index is 2.29. The average Bonchev–Trinajstić information content (AvgIpc) is 2.78. The fourth-order valence-electron chi connectivity index (χ4n) is 2.63. The number of likely N-dealkylation sites (tertiary alicyclic amines) is 1. The molecular formula is C11H21NO. The van der Waals surface area contributed by atoms with E-state index in [0.29, 0.717) is 5.54 Å². The second-order valence-electron chi connectivity index (χ2n) is 5.71. The number of nitrogens with zero attached hydrogens (tertiary/aromatic N) is 1. The van der Waals surface area contributed by atoms with Crippen LogP contribution < -0.4 is 0 Å². The lowest BCUT2D eigenvalue weighted by molar-refractivity contribution is -0.0593. The van der Waals surface area contributed by atoms with Crippen LogP contribution in [0.5, 0.6) is 0 Å². The molecule has 0 bridgehead atoms. The van der Waals surface area contributed by atoms with Crippen LogP contribution in [0.15, 0.2) is 0 Å². The van der Waals surface area contributed by atoms with Crippen molar-refractivity contribution in [2.45, 2.75) is 57.2 Å². The van der Waals surface area contributed by atoms with Crippen molar-refractivity contribution in [1.82, 2.24) is 4.90 Å². The van der Waals surface area contributed by atoms with Gasteiger partial charge in [0.25, 0.3) is 0 Å². The summed E-state index contributed by atoms with van der Waals surface area (Å²) < 4.78 is 5.67. The van der Waals surface area contributed by atoms with Crippen molar-refractivity contribution in [2.75, 3.05) is 13.7 Å². The largest absolute Gasteiger partial charge is 0.368 e. The van der Waals surface area contributed by atoms with Gasteiger partial charge in [-0.25, -0.2) is 0 Å². The molecule has 2 heteroatoms. The lowest BCUT2D eigenvalue weighted by atomic mass is 9.73. The van der Waals surface area contributed by atoms with E-state index in [1.807, 2.05) is 0 Å². The predicted molar refractivity (Wildman–Crippen MR) is 53.8 cm³/mol. The van der Waals surface area contributed by atoms with Gasteiger partial charge in [0.2, 0.25) is 0 Å². The van der Waals surface area contributed by atoms with Gasteiger partial charge in [-0.2, -0.15) is 0 Å². The van der Waals surface area contributed by atoms with Gasteiger partial charge in [-0.05, 0) is 47.6 Å². The predicted octanol–water partition coefficient (Wildman–Crippen LogP) is 2.04. The molecule has 1 spiro atoms. The monoisotopic (exact) mass is 183 g/mol. The maximum Gasteiger partial charge on any atom is 0.109 e. The Hall–Kier alpha value is -0.0800. The Bertz CT molecular complexity index is 228. The number of rotatable bonds is 0. The van der Waals surface area contributed by atoms with Crippen LogP contribution in [-0.4, -0.2) is 35.2 Å². The molecule has 0 saturated carbocycles. The standard InChI is InChI=1S/C11H21NO/c1-9(2)6-7-11(8-13-11)10(3,4)12(9)5/h6-8H2,1-5H3. The minimum atomic E-state index is 0.178. The van der Waals surface area contributed by atoms with Crippen LogP contribution >= 0.6 is 0 Å². The van der Waals surface area contributed by atoms with Gasteiger partial charge in [0.15, 0.2) is 0 Å². The number of piperidine rings is 1. The van der Waals surface area contributed by atoms with E-state index in [1.165, 1.54) is 12.8 Å². The first kappa shape index (κ1) is 9.47. The second kappa shape index (κ2) is 2.29. The molecule has 0 amide bonds. The fourth-order valence-corrected chi connectivity index (χ4v) is 2.63. The van der Waals surface area contributed by atoms with E-state index in [0.717, 1.165) is 6.61 Å². The lowest BCUT2D eigenvalue weighted by Gasteiger charge is -2.54. The summed E-state index contributed by atoms with van der Waals surface area (Å²) in [5, 5.41) is 0. The van der Waals surface area contributed by atoms with E-state index in [9.17, 15) is 0 Å². The number of epoxide rings is 1. The molecule has 1 unspecified atom stereocenters. The molecule has 2 rings (SSSR count). The summed E-state index contributed by atoms with van der Waals surface area (Å²) in [6.07, 6.45) is 2.46. The van der Waals surface area contributed by atoms with E-state index < -0.39 is 0 Å². The van der Waals surface area contributed by atoms with Crippen LogP contribution in [0, 0.1) is 0 Å². The third-order valence-electron chi connectivity index (χ3n) is 4.49. The fraction of sp³-hybridized carbons (Fsp3) is 1.00. The molecule has 2 aliphatic heterocycles. The first-order chi connectivity index (χ1) is 5.82. The van der Waals surface area contributed by atoms with Crippen molar-refractivity contribution in [1.29, 1.82) is 0 Å². The van der Waals surface area contributed by atoms with Gasteiger partial charge in [0.05, 0.1) is 6.61 Å². The number of ether oxygens (including phenoxy) is 1. The zero-order chi connectivity index (χ0) is 9.91. The SMILES string of the molecule is CN1C(C)(C)CCC2(CO2)C1(C)C. The molecule has 0 aromatic heterocycles. The number of hydrogen-bond acceptors (Lipinski definition) is 2. The molecule has 0 aliphatic carbocycles. The Morgan fingerprint density at radius 2 is 1.62 bits per heavy atom. The van der Waals surface area contributed by atoms with Crippen molar-refractivity contribution in [3.63, 3.8) is 0 Å². The molecule has 0 aromatic rings. The maximum atomic E-state index is 5.67. The van der Waals surface area contributed by atoms with Crippen LogP contribution in [-0.2, 0) is 4.74 Å². The molecule has 1 atom stereocenters. The summed E-state index contributed by atoms with van der Waals surface area (Å²) in [4.78, 5) is 2.48. The molecule has 2 fully saturated rings. The minimum Gasteiger partial charge on any atom is -0.368 e. The van der Waals surface area contributed by atoms with Crippen molar-refractivity contribution >= 4 is 0 Å². The van der Waals surface area contributed by atoms with Gasteiger partial charge in [-0.15, -0.1) is 0 Å². The highest BCUT2D eigenvalue weighted by atomic mass is 16.6. The van der Waals surface area contributed by atoms with E-state index in [4.69, 9.17) is 4.74 Å². The number of hydrogen-bond donors (Lipinski definition) is 0. The van der Waals surface area contributed by atoms with Crippen LogP contribution in [0.4, 0.5) is 0 Å². The summed E-state index contributed by atoms with van der Waals surface area (Å²) in [7, 11) is 2.22. The van der Waals surface area contributed by atoms with Gasteiger partial charge in [0, 0.05) is 11.1 Å². The van der Waals surface area contributed by atoms with E-state index >= 15 is 0 Å². The van der Waals surface area contributed by atoms with Gasteiger partial charge in [0.1, 0.15) is 5.60 Å². The van der Waals surface area contributed by atoms with E-state index in [-0.39, 0.29) is 11.1 Å². The van der Waals surface area contributed by atoms with Gasteiger partial charge in [-0.1, -0.05) is 0 Å². The summed E-state index contributed by atoms with van der Waals surface area (Å²) in [6, 6.07) is 0. The Kier molecular flexibility index (Phi) is 1.67. The Morgan fingerprint density at radius 1 is 1.08 bits per heavy atom. The van der Waals surface area contributed by atoms with Crippen LogP contribution in [0.25, 0.3) is 0 Å². The van der Waals surface area contributed by atoms with Crippen LogP contribution in [0.3, 0.4) is 0 Å². The molecule has 2 saturated heterocycles. The smallest absolute Gasteiger partial charge is 0.109 e. The Morgan fingerprint density at radius 3 is 2.08 bits per heavy atom. The summed E-state index contributed by atoms with van der Waals surface area (Å²) in [6.45, 7) is 10.2. The van der Waals surface area contributed by atoms with Gasteiger partial charge in [-0.3, -0.25) is 4.90 Å². The molecular weight excluding hydrogens is 162 g/mol. The van der Waals surface area contributed by atoms with Crippen molar-refractivity contribution in [3.8, 4) is 0 Å². The topological polar surface area (TPSA) is 15.8 Å². The maximum absolute atomic E-state index is 5.67. The summed E-state index contributed by atoms with van der Waals surface area (Å²) in [5.41, 5.74) is 0.687. The lowest BCUT2D eigenvalue weighted by Crippen LogP contribution is -2.64. The van der Waals surface area contributed by atoms with Crippen LogP contribution in [0.1, 0.15) is 40.5 Å². The minimum absolute atomic E-state index is 0.178. The highest BCUT2D eigenvalue weighted by Crippen LogP contribution is 2.52. The zero-order valence-electron chi connectivity index (χ0n) is 9.48. The molecule has 2 aliphatic rings. The van der Waals surface area contributed by atoms with Gasteiger partial charge >= 0.3 is 0 Å². The summed E-state index contributed by atoms with van der Waals surface area (Å²) >= 11 is 0. The molecule has 13 heavy (non-hydrogen) atoms. The zero-order valence-corrected chi connectivity index (χ0v) is 9.48. The highest BCUT2D eigenvalue weighted by molar-refractivity contribution is 5.15. The molecule has 76 valence electrons. The van der Waals surface area contributed by atoms with Gasteiger partial charge < -0.3 is 4.74 Å². The van der Waals surface area contributed by atoms with E-state index in [1.54, 1.807) is 0 Å². The molecule has 0 N–H and O–H groups in total. The average molecular weight is 183 g/mol. The first-order valence-corrected chi connectivity index (χ1v) is 5.20. The molecule has 0 aromatic carbocycles. The molecule has 2 nitrogen and oxygen atoms in total. The highest BCUT2D eigenvalue weighted by Gasteiger charge is 2.62. The van der Waals surface area contributed by atoms with Crippen molar-refractivity contribution in [3.05, 3.63) is 0 Å². The first-order valence-electron chi connectivity index (χ1n) is 5.20. The van der Waals surface area contributed by atoms with Crippen molar-refractivity contribution in [2.24, 2.45) is 0 Å². The molecule has 0 radical (unpaired) electrons. The third-order valence-corrected chi connectivity index (χ3v) is 4.49. The summed E-state index contributed by atoms with van der Waals surface area (Å²) in [5.74, 6) is 0. The third kappa shape index (κ3) is 1.08. The van der Waals surface area contributed by atoms with Crippen molar-refractivity contribution < 1.29 is 4.74 Å². The number of likely N-dealkylation sites (N-methyl/N-ethyl adjacent to an activating group) is 1. The molecule has 2 heterocycles. The normalized spacial score (nSPS) is 42.2. The Labute approximate surface area is 81.3 Å². The van der Waals surface area contributed by atoms with E-state index in [2.05, 4.69) is 39.6 Å². The van der Waals surface area contributed by atoms with Crippen LogP contribution in [0.2, 0.25) is 0 Å². The quantitative estimate of drug-likeness (QED) is 0.534. The second-order valence-corrected chi connectivity index (χ2v) is 5.71.